The molecule has 0 saturated carbocycles. The Bertz CT molecular complexity index is 1030. The lowest BCUT2D eigenvalue weighted by molar-refractivity contribution is 0.101. The lowest BCUT2D eigenvalue weighted by atomic mass is 10.2. The van der Waals surface area contributed by atoms with Crippen molar-refractivity contribution in [3.8, 4) is 11.5 Å². The summed E-state index contributed by atoms with van der Waals surface area (Å²) in [4.78, 5) is 28.8. The van der Waals surface area contributed by atoms with Crippen molar-refractivity contribution in [1.82, 2.24) is 4.98 Å². The average Bonchev–Trinajstić information content (AvgIpc) is 2.79. The van der Waals surface area contributed by atoms with Crippen molar-refractivity contribution in [2.45, 2.75) is 0 Å². The Morgan fingerprint density at radius 2 is 1.80 bits per heavy atom. The molecular formula is C23H21N3O4. The van der Waals surface area contributed by atoms with E-state index in [1.54, 1.807) is 66.9 Å². The smallest absolute Gasteiger partial charge is 0.257 e. The van der Waals surface area contributed by atoms with Crippen molar-refractivity contribution >= 4 is 23.2 Å². The highest BCUT2D eigenvalue weighted by molar-refractivity contribution is 6.06. The van der Waals surface area contributed by atoms with Crippen molar-refractivity contribution < 1.29 is 19.1 Å². The van der Waals surface area contributed by atoms with Gasteiger partial charge in [-0.15, -0.1) is 0 Å². The van der Waals surface area contributed by atoms with Crippen LogP contribution in [0.5, 0.6) is 11.5 Å². The number of nitrogens with zero attached hydrogens (tertiary/aromatic N) is 1. The number of carbonyl (C=O) groups excluding carboxylic acids is 2. The Balaban J connectivity index is 1.69. The molecule has 2 N–H and O–H groups in total. The third-order valence-electron chi connectivity index (χ3n) is 4.12. The average molecular weight is 403 g/mol. The van der Waals surface area contributed by atoms with Gasteiger partial charge in [0.2, 0.25) is 0 Å². The molecule has 0 unspecified atom stereocenters. The summed E-state index contributed by atoms with van der Waals surface area (Å²) in [6.45, 7) is 3.99. The molecular weight excluding hydrogens is 382 g/mol. The number of ether oxygens (including phenoxy) is 2. The van der Waals surface area contributed by atoms with E-state index in [0.29, 0.717) is 40.6 Å². The predicted octanol–water partition coefficient (Wildman–Crippen LogP) is 4.16. The molecule has 1 heterocycles. The van der Waals surface area contributed by atoms with E-state index in [2.05, 4.69) is 22.2 Å². The van der Waals surface area contributed by atoms with Gasteiger partial charge in [0.05, 0.1) is 18.4 Å². The van der Waals surface area contributed by atoms with Gasteiger partial charge in [-0.3, -0.25) is 14.6 Å². The van der Waals surface area contributed by atoms with Crippen molar-refractivity contribution in [2.75, 3.05) is 24.4 Å². The standard InChI is InChI=1S/C23H21N3O4/c1-3-13-30-19-9-6-16(7-10-19)22(27)25-18-8-11-20(21(14-18)29-2)26-23(28)17-5-4-12-24-15-17/h3-12,14-15H,1,13H2,2H3,(H,25,27)(H,26,28). The maximum Gasteiger partial charge on any atom is 0.257 e. The van der Waals surface area contributed by atoms with Crippen LogP contribution in [0.25, 0.3) is 0 Å². The maximum atomic E-state index is 12.5. The number of hydrogen-bond acceptors (Lipinski definition) is 5. The number of anilines is 2. The van der Waals surface area contributed by atoms with Gasteiger partial charge in [0.15, 0.2) is 0 Å². The topological polar surface area (TPSA) is 89.6 Å². The summed E-state index contributed by atoms with van der Waals surface area (Å²) in [6.07, 6.45) is 4.72. The number of hydrogen-bond donors (Lipinski definition) is 2. The van der Waals surface area contributed by atoms with Crippen LogP contribution in [-0.4, -0.2) is 30.5 Å². The second kappa shape index (κ2) is 9.88. The highest BCUT2D eigenvalue weighted by atomic mass is 16.5. The number of methoxy groups -OCH3 is 1. The van der Waals surface area contributed by atoms with Crippen LogP contribution in [-0.2, 0) is 0 Å². The highest BCUT2D eigenvalue weighted by Gasteiger charge is 2.12. The first-order chi connectivity index (χ1) is 14.6. The van der Waals surface area contributed by atoms with Crippen molar-refractivity contribution in [3.05, 3.63) is 90.8 Å². The highest BCUT2D eigenvalue weighted by Crippen LogP contribution is 2.28. The quantitative estimate of drug-likeness (QED) is 0.551. The predicted molar refractivity (Wildman–Crippen MR) is 115 cm³/mol. The van der Waals surface area contributed by atoms with Crippen LogP contribution in [0.3, 0.4) is 0 Å². The molecule has 0 aliphatic carbocycles. The van der Waals surface area contributed by atoms with E-state index in [4.69, 9.17) is 9.47 Å². The molecule has 3 rings (SSSR count). The van der Waals surface area contributed by atoms with Gasteiger partial charge < -0.3 is 20.1 Å². The zero-order chi connectivity index (χ0) is 21.3. The third-order valence-corrected chi connectivity index (χ3v) is 4.12. The molecule has 0 aliphatic rings. The van der Waals surface area contributed by atoms with Crippen LogP contribution < -0.4 is 20.1 Å². The molecule has 7 heteroatoms. The normalized spacial score (nSPS) is 10.0. The lowest BCUT2D eigenvalue weighted by Gasteiger charge is -2.13. The van der Waals surface area contributed by atoms with E-state index >= 15 is 0 Å². The van der Waals surface area contributed by atoms with Gasteiger partial charge >= 0.3 is 0 Å². The van der Waals surface area contributed by atoms with E-state index in [-0.39, 0.29) is 11.8 Å². The van der Waals surface area contributed by atoms with Crippen LogP contribution in [0.4, 0.5) is 11.4 Å². The minimum Gasteiger partial charge on any atom is -0.494 e. The Kier molecular flexibility index (Phi) is 6.78. The summed E-state index contributed by atoms with van der Waals surface area (Å²) < 4.78 is 10.8. The van der Waals surface area contributed by atoms with Gasteiger partial charge in [0, 0.05) is 29.7 Å². The summed E-state index contributed by atoms with van der Waals surface area (Å²) in [5.41, 5.74) is 1.92. The summed E-state index contributed by atoms with van der Waals surface area (Å²) in [5.74, 6) is 0.483. The molecule has 0 radical (unpaired) electrons. The molecule has 2 aromatic carbocycles. The number of nitrogens with one attached hydrogen (secondary N) is 2. The second-order valence-corrected chi connectivity index (χ2v) is 6.19. The zero-order valence-electron chi connectivity index (χ0n) is 16.4. The largest absolute Gasteiger partial charge is 0.494 e. The molecule has 30 heavy (non-hydrogen) atoms. The number of benzene rings is 2. The molecule has 0 atom stereocenters. The molecule has 3 aromatic rings. The fraction of sp³-hybridized carbons (Fsp3) is 0.0870. The molecule has 0 bridgehead atoms. The van der Waals surface area contributed by atoms with Gasteiger partial charge in [0.25, 0.3) is 11.8 Å². The lowest BCUT2D eigenvalue weighted by Crippen LogP contribution is -2.14. The second-order valence-electron chi connectivity index (χ2n) is 6.19. The number of amides is 2. The van der Waals surface area contributed by atoms with Crippen LogP contribution in [0.2, 0.25) is 0 Å². The molecule has 152 valence electrons. The van der Waals surface area contributed by atoms with E-state index < -0.39 is 0 Å². The Morgan fingerprint density at radius 3 is 2.47 bits per heavy atom. The van der Waals surface area contributed by atoms with Gasteiger partial charge in [-0.05, 0) is 48.5 Å². The van der Waals surface area contributed by atoms with Crippen LogP contribution in [0.1, 0.15) is 20.7 Å². The van der Waals surface area contributed by atoms with Crippen molar-refractivity contribution in [2.24, 2.45) is 0 Å². The van der Waals surface area contributed by atoms with E-state index in [0.717, 1.165) is 0 Å². The Hall–Kier alpha value is -4.13. The summed E-state index contributed by atoms with van der Waals surface area (Å²) in [5, 5.41) is 5.58. The van der Waals surface area contributed by atoms with Gasteiger partial charge in [-0.2, -0.15) is 0 Å². The van der Waals surface area contributed by atoms with Crippen LogP contribution in [0.15, 0.2) is 79.6 Å². The van der Waals surface area contributed by atoms with Gasteiger partial charge in [-0.1, -0.05) is 12.7 Å². The number of carbonyl (C=O) groups is 2. The molecule has 0 spiro atoms. The van der Waals surface area contributed by atoms with Gasteiger partial charge in [-0.25, -0.2) is 0 Å². The summed E-state index contributed by atoms with van der Waals surface area (Å²) >= 11 is 0. The third kappa shape index (κ3) is 5.23. The van der Waals surface area contributed by atoms with Crippen LogP contribution in [0, 0.1) is 0 Å². The number of pyridine rings is 1. The van der Waals surface area contributed by atoms with E-state index in [9.17, 15) is 9.59 Å². The zero-order valence-corrected chi connectivity index (χ0v) is 16.4. The molecule has 0 fully saturated rings. The fourth-order valence-electron chi connectivity index (χ4n) is 2.62. The molecule has 1 aromatic heterocycles. The maximum absolute atomic E-state index is 12.5. The molecule has 0 saturated heterocycles. The first-order valence-electron chi connectivity index (χ1n) is 9.15. The SMILES string of the molecule is C=CCOc1ccc(C(=O)Nc2ccc(NC(=O)c3cccnc3)c(OC)c2)cc1. The minimum absolute atomic E-state index is 0.278. The summed E-state index contributed by atoms with van der Waals surface area (Å²) in [6, 6.07) is 15.1. The molecule has 2 amide bonds. The first-order valence-corrected chi connectivity index (χ1v) is 9.15. The van der Waals surface area contributed by atoms with Crippen LogP contribution >= 0.6 is 0 Å². The Morgan fingerprint density at radius 1 is 1.03 bits per heavy atom. The van der Waals surface area contributed by atoms with Crippen molar-refractivity contribution in [1.29, 1.82) is 0 Å². The monoisotopic (exact) mass is 403 g/mol. The Labute approximate surface area is 174 Å². The van der Waals surface area contributed by atoms with Gasteiger partial charge in [0.1, 0.15) is 18.1 Å². The fourth-order valence-corrected chi connectivity index (χ4v) is 2.62. The summed E-state index contributed by atoms with van der Waals surface area (Å²) in [7, 11) is 1.49. The number of aromatic nitrogens is 1. The molecule has 0 aliphatic heterocycles. The minimum atomic E-state index is -0.308. The number of rotatable bonds is 8. The van der Waals surface area contributed by atoms with Crippen molar-refractivity contribution in [3.63, 3.8) is 0 Å². The first kappa shape index (κ1) is 20.6. The molecule has 7 nitrogen and oxygen atoms in total. The van der Waals surface area contributed by atoms with E-state index in [1.165, 1.54) is 13.3 Å². The van der Waals surface area contributed by atoms with E-state index in [1.807, 2.05) is 0 Å².